The van der Waals surface area contributed by atoms with Crippen LogP contribution in [0.25, 0.3) is 0 Å². The third-order valence-corrected chi connectivity index (χ3v) is 3.69. The zero-order valence-electron chi connectivity index (χ0n) is 14.3. The third-order valence-electron chi connectivity index (χ3n) is 3.69. The van der Waals surface area contributed by atoms with Crippen molar-refractivity contribution in [3.8, 4) is 11.5 Å². The minimum absolute atomic E-state index is 0.0777. The van der Waals surface area contributed by atoms with E-state index in [1.54, 1.807) is 51.3 Å². The zero-order chi connectivity index (χ0) is 17.1. The normalized spacial score (nSPS) is 10.7. The molecule has 0 radical (unpaired) electrons. The molecule has 124 valence electrons. The van der Waals surface area contributed by atoms with Crippen LogP contribution >= 0.6 is 0 Å². The summed E-state index contributed by atoms with van der Waals surface area (Å²) in [4.78, 5) is 14.4. The standard InChI is InChI=1S/C17H22N2O4/c1-10(2)16-15(11(3)18-23-16)17(20)19(4)12-7-8-13(21-5)14(9-12)22-6/h7-10H,1-6H3. The first kappa shape index (κ1) is 16.9. The smallest absolute Gasteiger partial charge is 0.263 e. The van der Waals surface area contributed by atoms with Crippen molar-refractivity contribution in [1.29, 1.82) is 0 Å². The minimum Gasteiger partial charge on any atom is -0.493 e. The number of anilines is 1. The van der Waals surface area contributed by atoms with Gasteiger partial charge in [-0.1, -0.05) is 19.0 Å². The van der Waals surface area contributed by atoms with Crippen LogP contribution in [0.5, 0.6) is 11.5 Å². The van der Waals surface area contributed by atoms with Crippen LogP contribution in [-0.4, -0.2) is 32.3 Å². The Labute approximate surface area is 136 Å². The highest BCUT2D eigenvalue weighted by atomic mass is 16.5. The van der Waals surface area contributed by atoms with Gasteiger partial charge in [-0.25, -0.2) is 0 Å². The number of hydrogen-bond acceptors (Lipinski definition) is 5. The predicted octanol–water partition coefficient (Wildman–Crippen LogP) is 3.40. The molecule has 1 aromatic carbocycles. The average Bonchev–Trinajstić information content (AvgIpc) is 2.94. The topological polar surface area (TPSA) is 64.8 Å². The Kier molecular flexibility index (Phi) is 4.93. The second-order valence-corrected chi connectivity index (χ2v) is 5.57. The van der Waals surface area contributed by atoms with Crippen molar-refractivity contribution >= 4 is 11.6 Å². The zero-order valence-corrected chi connectivity index (χ0v) is 14.3. The molecule has 2 aromatic rings. The maximum absolute atomic E-state index is 12.9. The molecule has 0 N–H and O–H groups in total. The van der Waals surface area contributed by atoms with Crippen LogP contribution in [-0.2, 0) is 0 Å². The van der Waals surface area contributed by atoms with Crippen molar-refractivity contribution in [2.75, 3.05) is 26.2 Å². The molecule has 1 aromatic heterocycles. The van der Waals surface area contributed by atoms with Crippen molar-refractivity contribution in [2.45, 2.75) is 26.7 Å². The van der Waals surface area contributed by atoms with Crippen LogP contribution in [0, 0.1) is 6.92 Å². The second kappa shape index (κ2) is 6.73. The fourth-order valence-corrected chi connectivity index (χ4v) is 2.36. The molecule has 0 aliphatic carbocycles. The largest absolute Gasteiger partial charge is 0.493 e. The number of aryl methyl sites for hydroxylation is 1. The summed E-state index contributed by atoms with van der Waals surface area (Å²) in [5.41, 5.74) is 1.80. The number of aromatic nitrogens is 1. The van der Waals surface area contributed by atoms with Crippen LogP contribution in [0.15, 0.2) is 22.7 Å². The number of ether oxygens (including phenoxy) is 2. The Balaban J connectivity index is 2.39. The van der Waals surface area contributed by atoms with Gasteiger partial charge in [0.2, 0.25) is 0 Å². The Hall–Kier alpha value is -2.50. The third kappa shape index (κ3) is 3.16. The van der Waals surface area contributed by atoms with E-state index >= 15 is 0 Å². The molecule has 0 aliphatic rings. The van der Waals surface area contributed by atoms with Gasteiger partial charge in [-0.15, -0.1) is 0 Å². The van der Waals surface area contributed by atoms with E-state index in [2.05, 4.69) is 5.16 Å². The van der Waals surface area contributed by atoms with E-state index in [1.807, 2.05) is 13.8 Å². The molecule has 1 amide bonds. The van der Waals surface area contributed by atoms with Crippen molar-refractivity contribution in [3.05, 3.63) is 35.2 Å². The van der Waals surface area contributed by atoms with Gasteiger partial charge in [0.1, 0.15) is 5.56 Å². The first-order valence-corrected chi connectivity index (χ1v) is 7.37. The van der Waals surface area contributed by atoms with Gasteiger partial charge < -0.3 is 18.9 Å². The molecule has 0 spiro atoms. The molecule has 0 bridgehead atoms. The lowest BCUT2D eigenvalue weighted by Crippen LogP contribution is -2.27. The number of carbonyl (C=O) groups excluding carboxylic acids is 1. The maximum Gasteiger partial charge on any atom is 0.263 e. The van der Waals surface area contributed by atoms with Gasteiger partial charge in [-0.2, -0.15) is 0 Å². The average molecular weight is 318 g/mol. The SMILES string of the molecule is COc1ccc(N(C)C(=O)c2c(C)noc2C(C)C)cc1OC. The highest BCUT2D eigenvalue weighted by Crippen LogP contribution is 2.32. The molecule has 23 heavy (non-hydrogen) atoms. The monoisotopic (exact) mass is 318 g/mol. The predicted molar refractivity (Wildman–Crippen MR) is 87.6 cm³/mol. The van der Waals surface area contributed by atoms with E-state index in [4.69, 9.17) is 14.0 Å². The van der Waals surface area contributed by atoms with Gasteiger partial charge in [0.05, 0.1) is 19.9 Å². The van der Waals surface area contributed by atoms with Crippen LogP contribution < -0.4 is 14.4 Å². The van der Waals surface area contributed by atoms with Gasteiger partial charge in [-0.3, -0.25) is 4.79 Å². The summed E-state index contributed by atoms with van der Waals surface area (Å²) < 4.78 is 15.8. The van der Waals surface area contributed by atoms with Gasteiger partial charge in [0.25, 0.3) is 5.91 Å². The molecule has 2 rings (SSSR count). The molecule has 0 saturated carbocycles. The summed E-state index contributed by atoms with van der Waals surface area (Å²) in [6.45, 7) is 5.70. The molecule has 6 nitrogen and oxygen atoms in total. The van der Waals surface area contributed by atoms with Gasteiger partial charge in [0.15, 0.2) is 17.3 Å². The molecule has 0 aliphatic heterocycles. The molecule has 0 unspecified atom stereocenters. The van der Waals surface area contributed by atoms with E-state index in [-0.39, 0.29) is 11.8 Å². The number of carbonyl (C=O) groups is 1. The number of nitrogens with zero attached hydrogens (tertiary/aromatic N) is 2. The summed E-state index contributed by atoms with van der Waals surface area (Å²) >= 11 is 0. The van der Waals surface area contributed by atoms with E-state index < -0.39 is 0 Å². The Morgan fingerprint density at radius 3 is 2.43 bits per heavy atom. The van der Waals surface area contributed by atoms with E-state index in [0.29, 0.717) is 34.2 Å². The molecule has 0 fully saturated rings. The summed E-state index contributed by atoms with van der Waals surface area (Å²) in [5.74, 6) is 1.69. The fourth-order valence-electron chi connectivity index (χ4n) is 2.36. The van der Waals surface area contributed by atoms with Crippen molar-refractivity contribution in [2.24, 2.45) is 0 Å². The lowest BCUT2D eigenvalue weighted by Gasteiger charge is -2.19. The van der Waals surface area contributed by atoms with Crippen LogP contribution in [0.4, 0.5) is 5.69 Å². The molecule has 0 atom stereocenters. The van der Waals surface area contributed by atoms with Crippen LogP contribution in [0.1, 0.15) is 41.6 Å². The van der Waals surface area contributed by atoms with Gasteiger partial charge in [-0.05, 0) is 19.1 Å². The highest BCUT2D eigenvalue weighted by molar-refractivity contribution is 6.07. The Morgan fingerprint density at radius 2 is 1.87 bits per heavy atom. The Morgan fingerprint density at radius 1 is 1.22 bits per heavy atom. The number of hydrogen-bond donors (Lipinski definition) is 0. The lowest BCUT2D eigenvalue weighted by atomic mass is 10.0. The van der Waals surface area contributed by atoms with Crippen molar-refractivity contribution < 1.29 is 18.8 Å². The summed E-state index contributed by atoms with van der Waals surface area (Å²) in [7, 11) is 4.84. The second-order valence-electron chi connectivity index (χ2n) is 5.57. The number of rotatable bonds is 5. The van der Waals surface area contributed by atoms with E-state index in [0.717, 1.165) is 0 Å². The first-order valence-electron chi connectivity index (χ1n) is 7.37. The number of benzene rings is 1. The summed E-state index contributed by atoms with van der Waals surface area (Å²) in [6.07, 6.45) is 0. The van der Waals surface area contributed by atoms with E-state index in [1.165, 1.54) is 0 Å². The summed E-state index contributed by atoms with van der Waals surface area (Å²) in [5, 5.41) is 3.93. The molecular formula is C17H22N2O4. The van der Waals surface area contributed by atoms with Crippen molar-refractivity contribution in [3.63, 3.8) is 0 Å². The maximum atomic E-state index is 12.9. The summed E-state index contributed by atoms with van der Waals surface area (Å²) in [6, 6.07) is 5.33. The van der Waals surface area contributed by atoms with E-state index in [9.17, 15) is 4.79 Å². The quantitative estimate of drug-likeness (QED) is 0.845. The molecule has 6 heteroatoms. The number of amides is 1. The van der Waals surface area contributed by atoms with Crippen LogP contribution in [0.3, 0.4) is 0 Å². The van der Waals surface area contributed by atoms with Crippen LogP contribution in [0.2, 0.25) is 0 Å². The van der Waals surface area contributed by atoms with Gasteiger partial charge >= 0.3 is 0 Å². The van der Waals surface area contributed by atoms with Crippen molar-refractivity contribution in [1.82, 2.24) is 5.16 Å². The molecule has 1 heterocycles. The highest BCUT2D eigenvalue weighted by Gasteiger charge is 2.26. The molecular weight excluding hydrogens is 296 g/mol. The molecule has 0 saturated heterocycles. The first-order chi connectivity index (χ1) is 10.9. The number of methoxy groups -OCH3 is 2. The Bertz CT molecular complexity index is 707. The lowest BCUT2D eigenvalue weighted by molar-refractivity contribution is 0.0990. The fraction of sp³-hybridized carbons (Fsp3) is 0.412. The minimum atomic E-state index is -0.167. The van der Waals surface area contributed by atoms with Gasteiger partial charge in [0, 0.05) is 24.7 Å².